The van der Waals surface area contributed by atoms with E-state index in [9.17, 15) is 9.18 Å². The summed E-state index contributed by atoms with van der Waals surface area (Å²) in [5.41, 5.74) is 0.254. The van der Waals surface area contributed by atoms with Gasteiger partial charge in [-0.25, -0.2) is 4.39 Å². The first-order valence-electron chi connectivity index (χ1n) is 6.34. The average molecular weight is 250 g/mol. The van der Waals surface area contributed by atoms with Gasteiger partial charge in [-0.05, 0) is 26.0 Å². The zero-order valence-corrected chi connectivity index (χ0v) is 10.6. The summed E-state index contributed by atoms with van der Waals surface area (Å²) >= 11 is 0. The van der Waals surface area contributed by atoms with Gasteiger partial charge in [0.05, 0.1) is 5.41 Å². The molecule has 0 atom stereocenters. The Balaban J connectivity index is 1.94. The second-order valence-electron chi connectivity index (χ2n) is 4.94. The summed E-state index contributed by atoms with van der Waals surface area (Å²) in [5, 5.41) is 5.91. The molecule has 18 heavy (non-hydrogen) atoms. The molecule has 2 rings (SSSR count). The Morgan fingerprint density at radius 2 is 2.11 bits per heavy atom. The van der Waals surface area contributed by atoms with Crippen LogP contribution in [0.3, 0.4) is 0 Å². The Morgan fingerprint density at radius 1 is 1.39 bits per heavy atom. The summed E-state index contributed by atoms with van der Waals surface area (Å²) in [6.45, 7) is 0.951. The molecule has 0 bridgehead atoms. The van der Waals surface area contributed by atoms with Crippen LogP contribution in [0.25, 0.3) is 0 Å². The van der Waals surface area contributed by atoms with Gasteiger partial charge in [0.15, 0.2) is 0 Å². The van der Waals surface area contributed by atoms with E-state index in [2.05, 4.69) is 10.6 Å². The summed E-state index contributed by atoms with van der Waals surface area (Å²) < 4.78 is 13.4. The predicted molar refractivity (Wildman–Crippen MR) is 68.5 cm³/mol. The zero-order chi connectivity index (χ0) is 13.0. The van der Waals surface area contributed by atoms with E-state index in [1.165, 1.54) is 6.07 Å². The fraction of sp³-hybridized carbons (Fsp3) is 0.500. The minimum Gasteiger partial charge on any atom is -0.351 e. The van der Waals surface area contributed by atoms with Crippen molar-refractivity contribution < 1.29 is 9.18 Å². The molecule has 98 valence electrons. The molecule has 0 heterocycles. The minimum atomic E-state index is -0.278. The standard InChI is InChI=1S/C14H19FN2O/c1-16-10-14(7-4-8-14)13(18)17-9-11-5-2-3-6-12(11)15/h2-3,5-6,16H,4,7-10H2,1H3,(H,17,18). The van der Waals surface area contributed by atoms with E-state index in [-0.39, 0.29) is 23.7 Å². The van der Waals surface area contributed by atoms with Crippen molar-refractivity contribution in [3.63, 3.8) is 0 Å². The van der Waals surface area contributed by atoms with Gasteiger partial charge in [0.2, 0.25) is 5.91 Å². The van der Waals surface area contributed by atoms with Crippen LogP contribution in [0.5, 0.6) is 0 Å². The topological polar surface area (TPSA) is 41.1 Å². The highest BCUT2D eigenvalue weighted by molar-refractivity contribution is 5.83. The number of nitrogens with one attached hydrogen (secondary N) is 2. The predicted octanol–water partition coefficient (Wildman–Crippen LogP) is 1.83. The van der Waals surface area contributed by atoms with Gasteiger partial charge in [-0.2, -0.15) is 0 Å². The van der Waals surface area contributed by atoms with E-state index in [0.29, 0.717) is 12.1 Å². The minimum absolute atomic E-state index is 0.0337. The fourth-order valence-corrected chi connectivity index (χ4v) is 2.43. The van der Waals surface area contributed by atoms with E-state index >= 15 is 0 Å². The number of benzene rings is 1. The van der Waals surface area contributed by atoms with Crippen LogP contribution < -0.4 is 10.6 Å². The van der Waals surface area contributed by atoms with E-state index in [0.717, 1.165) is 19.3 Å². The molecule has 1 fully saturated rings. The molecular formula is C14H19FN2O. The van der Waals surface area contributed by atoms with Crippen molar-refractivity contribution in [2.75, 3.05) is 13.6 Å². The molecule has 0 unspecified atom stereocenters. The van der Waals surface area contributed by atoms with Crippen LogP contribution in [0.1, 0.15) is 24.8 Å². The van der Waals surface area contributed by atoms with Crippen LogP contribution in [0.4, 0.5) is 4.39 Å². The van der Waals surface area contributed by atoms with Crippen molar-refractivity contribution in [2.45, 2.75) is 25.8 Å². The van der Waals surface area contributed by atoms with Crippen molar-refractivity contribution in [2.24, 2.45) is 5.41 Å². The first kappa shape index (κ1) is 13.0. The van der Waals surface area contributed by atoms with E-state index < -0.39 is 0 Å². The van der Waals surface area contributed by atoms with Crippen molar-refractivity contribution in [3.05, 3.63) is 35.6 Å². The molecular weight excluding hydrogens is 231 g/mol. The van der Waals surface area contributed by atoms with Crippen LogP contribution in [0.2, 0.25) is 0 Å². The number of rotatable bonds is 5. The lowest BCUT2D eigenvalue weighted by Gasteiger charge is -2.40. The van der Waals surface area contributed by atoms with E-state index in [1.54, 1.807) is 18.2 Å². The molecule has 1 aromatic rings. The Hall–Kier alpha value is -1.42. The maximum absolute atomic E-state index is 13.4. The van der Waals surface area contributed by atoms with Gasteiger partial charge in [-0.3, -0.25) is 4.79 Å². The normalized spacial score (nSPS) is 17.0. The number of carbonyl (C=O) groups excluding carboxylic acids is 1. The molecule has 2 N–H and O–H groups in total. The maximum atomic E-state index is 13.4. The van der Waals surface area contributed by atoms with Gasteiger partial charge in [-0.1, -0.05) is 24.6 Å². The van der Waals surface area contributed by atoms with Gasteiger partial charge >= 0.3 is 0 Å². The molecule has 0 radical (unpaired) electrons. The van der Waals surface area contributed by atoms with E-state index in [1.807, 2.05) is 7.05 Å². The number of hydrogen-bond acceptors (Lipinski definition) is 2. The summed E-state index contributed by atoms with van der Waals surface area (Å²) in [5.74, 6) is -0.236. The second kappa shape index (κ2) is 5.48. The molecule has 1 aliphatic carbocycles. The highest BCUT2D eigenvalue weighted by atomic mass is 19.1. The molecule has 0 spiro atoms. The fourth-order valence-electron chi connectivity index (χ4n) is 2.43. The lowest BCUT2D eigenvalue weighted by Crippen LogP contribution is -2.50. The largest absolute Gasteiger partial charge is 0.351 e. The number of hydrogen-bond donors (Lipinski definition) is 2. The van der Waals surface area contributed by atoms with Gasteiger partial charge in [-0.15, -0.1) is 0 Å². The van der Waals surface area contributed by atoms with Gasteiger partial charge in [0.25, 0.3) is 0 Å². The Bertz CT molecular complexity index is 430. The molecule has 1 aliphatic rings. The van der Waals surface area contributed by atoms with Crippen molar-refractivity contribution in [1.82, 2.24) is 10.6 Å². The van der Waals surface area contributed by atoms with Crippen LogP contribution in [-0.2, 0) is 11.3 Å². The molecule has 0 saturated heterocycles. The molecule has 1 amide bonds. The van der Waals surface area contributed by atoms with Crippen molar-refractivity contribution >= 4 is 5.91 Å². The van der Waals surface area contributed by atoms with Crippen LogP contribution >= 0.6 is 0 Å². The molecule has 4 heteroatoms. The highest BCUT2D eigenvalue weighted by Crippen LogP contribution is 2.40. The summed E-state index contributed by atoms with van der Waals surface area (Å²) in [6, 6.07) is 6.53. The lowest BCUT2D eigenvalue weighted by molar-refractivity contribution is -0.135. The Labute approximate surface area is 107 Å². The number of carbonyl (C=O) groups is 1. The quantitative estimate of drug-likeness (QED) is 0.837. The number of amides is 1. The third-order valence-corrected chi connectivity index (χ3v) is 3.70. The second-order valence-corrected chi connectivity index (χ2v) is 4.94. The maximum Gasteiger partial charge on any atom is 0.227 e. The zero-order valence-electron chi connectivity index (χ0n) is 10.6. The van der Waals surface area contributed by atoms with Crippen LogP contribution in [0, 0.1) is 11.2 Å². The average Bonchev–Trinajstić information content (AvgIpc) is 2.32. The summed E-state index contributed by atoms with van der Waals surface area (Å²) in [7, 11) is 1.85. The van der Waals surface area contributed by atoms with Crippen molar-refractivity contribution in [1.29, 1.82) is 0 Å². The van der Waals surface area contributed by atoms with Crippen molar-refractivity contribution in [3.8, 4) is 0 Å². The Morgan fingerprint density at radius 3 is 2.67 bits per heavy atom. The van der Waals surface area contributed by atoms with Crippen LogP contribution in [0.15, 0.2) is 24.3 Å². The molecule has 0 aliphatic heterocycles. The third kappa shape index (κ3) is 2.53. The monoisotopic (exact) mass is 250 g/mol. The van der Waals surface area contributed by atoms with Gasteiger partial charge in [0, 0.05) is 18.7 Å². The summed E-state index contributed by atoms with van der Waals surface area (Å²) in [4.78, 5) is 12.1. The van der Waals surface area contributed by atoms with Gasteiger partial charge in [0.1, 0.15) is 5.82 Å². The smallest absolute Gasteiger partial charge is 0.227 e. The summed E-state index contributed by atoms with van der Waals surface area (Å²) in [6.07, 6.45) is 2.92. The SMILES string of the molecule is CNCC1(C(=O)NCc2ccccc2F)CCC1. The first-order chi connectivity index (χ1) is 8.68. The molecule has 0 aromatic heterocycles. The van der Waals surface area contributed by atoms with Crippen LogP contribution in [-0.4, -0.2) is 19.5 Å². The van der Waals surface area contributed by atoms with Gasteiger partial charge < -0.3 is 10.6 Å². The molecule has 1 aromatic carbocycles. The molecule has 1 saturated carbocycles. The lowest BCUT2D eigenvalue weighted by atomic mass is 9.68. The highest BCUT2D eigenvalue weighted by Gasteiger charge is 2.43. The first-order valence-corrected chi connectivity index (χ1v) is 6.34. The van der Waals surface area contributed by atoms with E-state index in [4.69, 9.17) is 0 Å². The number of halogens is 1. The third-order valence-electron chi connectivity index (χ3n) is 3.70. The molecule has 3 nitrogen and oxygen atoms in total. The Kier molecular flexibility index (Phi) is 3.97.